The number of rotatable bonds is 9. The first-order valence-electron chi connectivity index (χ1n) is 8.44. The summed E-state index contributed by atoms with van der Waals surface area (Å²) in [6, 6.07) is 0. The molecule has 0 fully saturated rings. The molecule has 0 aliphatic rings. The van der Waals surface area contributed by atoms with Crippen LogP contribution in [0, 0.1) is 17.3 Å². The number of aliphatic hydroxyl groups excluding tert-OH is 2. The monoisotopic (exact) mass is 288 g/mol. The zero-order valence-corrected chi connectivity index (χ0v) is 14.9. The van der Waals surface area contributed by atoms with Gasteiger partial charge in [-0.1, -0.05) is 67.2 Å². The smallest absolute Gasteiger partial charge is 0.0433 e. The first-order chi connectivity index (χ1) is 9.22. The Morgan fingerprint density at radius 2 is 1.30 bits per heavy atom. The fraction of sp³-hybridized carbons (Fsp3) is 1.00. The third-order valence-electron chi connectivity index (χ3n) is 3.27. The molecule has 0 radical (unpaired) electrons. The average Bonchev–Trinajstić information content (AvgIpc) is 2.27. The normalized spacial score (nSPS) is 13.1. The standard InChI is InChI=1S/2C9H20O/c1-8(5-6-10)7-9(2,3)4;1-9(2)7-5-3-4-6-8-10/h8,10H,5-7H2,1-4H3;9-10H,3-8H2,1-2H3. The third kappa shape index (κ3) is 23.0. The molecule has 0 aromatic carbocycles. The number of hydrogen-bond donors (Lipinski definition) is 2. The Kier molecular flexibility index (Phi) is 15.4. The van der Waals surface area contributed by atoms with E-state index in [4.69, 9.17) is 10.2 Å². The summed E-state index contributed by atoms with van der Waals surface area (Å²) in [5, 5.41) is 17.1. The Bertz CT molecular complexity index is 182. The maximum absolute atomic E-state index is 8.63. The fourth-order valence-corrected chi connectivity index (χ4v) is 2.39. The zero-order chi connectivity index (χ0) is 16.0. The summed E-state index contributed by atoms with van der Waals surface area (Å²) in [5.41, 5.74) is 0.411. The van der Waals surface area contributed by atoms with Gasteiger partial charge in [0.05, 0.1) is 0 Å². The lowest BCUT2D eigenvalue weighted by atomic mass is 9.84. The Morgan fingerprint density at radius 1 is 0.750 bits per heavy atom. The molecule has 0 aliphatic heterocycles. The Labute approximate surface area is 128 Å². The summed E-state index contributed by atoms with van der Waals surface area (Å²) in [6.45, 7) is 14.1. The molecule has 0 aromatic heterocycles. The number of hydrogen-bond acceptors (Lipinski definition) is 2. The average molecular weight is 289 g/mol. The molecular formula is C18H40O2. The Balaban J connectivity index is 0. The molecule has 124 valence electrons. The fourth-order valence-electron chi connectivity index (χ4n) is 2.39. The lowest BCUT2D eigenvalue weighted by Crippen LogP contribution is -2.11. The van der Waals surface area contributed by atoms with Gasteiger partial charge in [0.15, 0.2) is 0 Å². The van der Waals surface area contributed by atoms with Crippen LogP contribution >= 0.6 is 0 Å². The van der Waals surface area contributed by atoms with Crippen LogP contribution in [0.5, 0.6) is 0 Å². The maximum Gasteiger partial charge on any atom is 0.0433 e. The van der Waals surface area contributed by atoms with E-state index in [-0.39, 0.29) is 0 Å². The first kappa shape index (κ1) is 22.2. The van der Waals surface area contributed by atoms with Crippen LogP contribution in [0.15, 0.2) is 0 Å². The van der Waals surface area contributed by atoms with Gasteiger partial charge in [-0.3, -0.25) is 0 Å². The third-order valence-corrected chi connectivity index (χ3v) is 3.27. The summed E-state index contributed by atoms with van der Waals surface area (Å²) >= 11 is 0. The second-order valence-corrected chi connectivity index (χ2v) is 7.70. The topological polar surface area (TPSA) is 40.5 Å². The van der Waals surface area contributed by atoms with Gasteiger partial charge in [0, 0.05) is 13.2 Å². The van der Waals surface area contributed by atoms with Crippen LogP contribution in [0.25, 0.3) is 0 Å². The van der Waals surface area contributed by atoms with Crippen molar-refractivity contribution < 1.29 is 10.2 Å². The van der Waals surface area contributed by atoms with Gasteiger partial charge in [-0.05, 0) is 36.5 Å². The van der Waals surface area contributed by atoms with Crippen LogP contribution in [0.4, 0.5) is 0 Å². The van der Waals surface area contributed by atoms with Crippen molar-refractivity contribution in [2.24, 2.45) is 17.3 Å². The molecule has 0 saturated carbocycles. The van der Waals surface area contributed by atoms with E-state index in [0.29, 0.717) is 24.5 Å². The van der Waals surface area contributed by atoms with Crippen molar-refractivity contribution in [2.75, 3.05) is 13.2 Å². The van der Waals surface area contributed by atoms with Crippen LogP contribution in [0.3, 0.4) is 0 Å². The molecule has 0 saturated heterocycles. The van der Waals surface area contributed by atoms with Crippen molar-refractivity contribution in [3.8, 4) is 0 Å². The van der Waals surface area contributed by atoms with Gasteiger partial charge in [-0.25, -0.2) is 0 Å². The van der Waals surface area contributed by atoms with Crippen molar-refractivity contribution in [3.05, 3.63) is 0 Å². The van der Waals surface area contributed by atoms with Crippen molar-refractivity contribution in [1.29, 1.82) is 0 Å². The SMILES string of the molecule is CC(C)CCCCCCO.CC(CCO)CC(C)(C)C. The zero-order valence-electron chi connectivity index (χ0n) is 14.9. The highest BCUT2D eigenvalue weighted by molar-refractivity contribution is 4.65. The van der Waals surface area contributed by atoms with Crippen LogP contribution in [0.2, 0.25) is 0 Å². The highest BCUT2D eigenvalue weighted by atomic mass is 16.3. The van der Waals surface area contributed by atoms with E-state index in [0.717, 1.165) is 18.8 Å². The van der Waals surface area contributed by atoms with Gasteiger partial charge >= 0.3 is 0 Å². The molecule has 2 N–H and O–H groups in total. The largest absolute Gasteiger partial charge is 0.396 e. The summed E-state index contributed by atoms with van der Waals surface area (Å²) < 4.78 is 0. The van der Waals surface area contributed by atoms with Crippen molar-refractivity contribution in [2.45, 2.75) is 86.5 Å². The molecule has 0 aliphatic carbocycles. The molecule has 0 bridgehead atoms. The van der Waals surface area contributed by atoms with E-state index >= 15 is 0 Å². The highest BCUT2D eigenvalue weighted by Crippen LogP contribution is 2.25. The van der Waals surface area contributed by atoms with Gasteiger partial charge in [0.1, 0.15) is 0 Å². The van der Waals surface area contributed by atoms with Crippen molar-refractivity contribution >= 4 is 0 Å². The van der Waals surface area contributed by atoms with Crippen LogP contribution < -0.4 is 0 Å². The van der Waals surface area contributed by atoms with E-state index in [9.17, 15) is 0 Å². The predicted molar refractivity (Wildman–Crippen MR) is 89.9 cm³/mol. The first-order valence-corrected chi connectivity index (χ1v) is 8.44. The van der Waals surface area contributed by atoms with Crippen LogP contribution in [0.1, 0.15) is 86.5 Å². The molecule has 2 nitrogen and oxygen atoms in total. The van der Waals surface area contributed by atoms with Gasteiger partial charge in [0.2, 0.25) is 0 Å². The van der Waals surface area contributed by atoms with E-state index in [1.54, 1.807) is 0 Å². The van der Waals surface area contributed by atoms with Crippen LogP contribution in [-0.2, 0) is 0 Å². The van der Waals surface area contributed by atoms with Gasteiger partial charge in [-0.15, -0.1) is 0 Å². The van der Waals surface area contributed by atoms with E-state index in [1.807, 2.05) is 0 Å². The minimum atomic E-state index is 0.331. The quantitative estimate of drug-likeness (QED) is 0.584. The highest BCUT2D eigenvalue weighted by Gasteiger charge is 2.14. The van der Waals surface area contributed by atoms with Gasteiger partial charge < -0.3 is 10.2 Å². The van der Waals surface area contributed by atoms with Crippen molar-refractivity contribution in [1.82, 2.24) is 0 Å². The minimum absolute atomic E-state index is 0.331. The molecular weight excluding hydrogens is 248 g/mol. The van der Waals surface area contributed by atoms with E-state index < -0.39 is 0 Å². The molecule has 0 amide bonds. The Morgan fingerprint density at radius 3 is 1.70 bits per heavy atom. The minimum Gasteiger partial charge on any atom is -0.396 e. The van der Waals surface area contributed by atoms with Gasteiger partial charge in [0.25, 0.3) is 0 Å². The van der Waals surface area contributed by atoms with E-state index in [2.05, 4.69) is 41.5 Å². The van der Waals surface area contributed by atoms with Crippen LogP contribution in [-0.4, -0.2) is 23.4 Å². The van der Waals surface area contributed by atoms with Gasteiger partial charge in [-0.2, -0.15) is 0 Å². The maximum atomic E-state index is 8.63. The molecule has 2 heteroatoms. The lowest BCUT2D eigenvalue weighted by Gasteiger charge is -2.22. The summed E-state index contributed by atoms with van der Waals surface area (Å²) in [7, 11) is 0. The molecule has 0 heterocycles. The summed E-state index contributed by atoms with van der Waals surface area (Å²) in [6.07, 6.45) is 8.29. The molecule has 1 unspecified atom stereocenters. The molecule has 20 heavy (non-hydrogen) atoms. The Hall–Kier alpha value is -0.0800. The molecule has 0 rings (SSSR count). The number of unbranched alkanes of at least 4 members (excludes halogenated alkanes) is 3. The molecule has 0 spiro atoms. The molecule has 1 atom stereocenters. The second kappa shape index (κ2) is 13.9. The number of aliphatic hydroxyl groups is 2. The van der Waals surface area contributed by atoms with Crippen molar-refractivity contribution in [3.63, 3.8) is 0 Å². The molecule has 0 aromatic rings. The predicted octanol–water partition coefficient (Wildman–Crippen LogP) is 5.03. The second-order valence-electron chi connectivity index (χ2n) is 7.70. The lowest BCUT2D eigenvalue weighted by molar-refractivity contribution is 0.227. The summed E-state index contributed by atoms with van der Waals surface area (Å²) in [5.74, 6) is 1.50. The van der Waals surface area contributed by atoms with E-state index in [1.165, 1.54) is 32.1 Å². The summed E-state index contributed by atoms with van der Waals surface area (Å²) in [4.78, 5) is 0.